The maximum Gasteiger partial charge on any atom is 0.391 e. The third kappa shape index (κ3) is 6.98. The molecule has 0 radical (unpaired) electrons. The van der Waals surface area contributed by atoms with E-state index in [2.05, 4.69) is 0 Å². The van der Waals surface area contributed by atoms with Gasteiger partial charge in [-0.2, -0.15) is 13.2 Å². The summed E-state index contributed by atoms with van der Waals surface area (Å²) in [5.74, 6) is -0.514. The number of carboxylic acids is 1. The van der Waals surface area contributed by atoms with Gasteiger partial charge in [0, 0.05) is 13.0 Å². The van der Waals surface area contributed by atoms with Crippen LogP contribution in [-0.2, 0) is 4.74 Å². The Hall–Kier alpha value is -1.76. The molecule has 0 atom stereocenters. The quantitative estimate of drug-likeness (QED) is 0.748. The topological polar surface area (TPSA) is 55.8 Å². The van der Waals surface area contributed by atoms with Crippen molar-refractivity contribution >= 4 is 5.97 Å². The van der Waals surface area contributed by atoms with E-state index in [0.717, 1.165) is 0 Å². The average Bonchev–Trinajstić information content (AvgIpc) is 2.37. The molecule has 7 heteroatoms. The van der Waals surface area contributed by atoms with E-state index < -0.39 is 18.6 Å². The van der Waals surface area contributed by atoms with E-state index in [0.29, 0.717) is 18.8 Å². The summed E-state index contributed by atoms with van der Waals surface area (Å²) in [5.41, 5.74) is 0.160. The molecule has 0 fully saturated rings. The minimum Gasteiger partial charge on any atom is -0.494 e. The molecule has 0 bridgehead atoms. The summed E-state index contributed by atoms with van der Waals surface area (Å²) in [4.78, 5) is 10.6. The summed E-state index contributed by atoms with van der Waals surface area (Å²) in [7, 11) is 0. The van der Waals surface area contributed by atoms with Crippen molar-refractivity contribution in [2.75, 3.05) is 19.8 Å². The van der Waals surface area contributed by atoms with E-state index >= 15 is 0 Å². The van der Waals surface area contributed by atoms with E-state index in [9.17, 15) is 18.0 Å². The molecule has 1 aromatic carbocycles. The third-order valence-corrected chi connectivity index (χ3v) is 2.33. The van der Waals surface area contributed by atoms with Crippen LogP contribution in [0.3, 0.4) is 0 Å². The summed E-state index contributed by atoms with van der Waals surface area (Å²) in [6.45, 7) is 0.124. The number of benzene rings is 1. The zero-order valence-electron chi connectivity index (χ0n) is 10.7. The third-order valence-electron chi connectivity index (χ3n) is 2.33. The predicted octanol–water partition coefficient (Wildman–Crippen LogP) is 3.12. The van der Waals surface area contributed by atoms with E-state index in [4.69, 9.17) is 14.6 Å². The fourth-order valence-corrected chi connectivity index (χ4v) is 1.33. The highest BCUT2D eigenvalue weighted by atomic mass is 19.4. The summed E-state index contributed by atoms with van der Waals surface area (Å²) >= 11 is 0. The molecule has 4 nitrogen and oxygen atoms in total. The highest BCUT2D eigenvalue weighted by Crippen LogP contribution is 2.19. The Morgan fingerprint density at radius 2 is 1.75 bits per heavy atom. The Morgan fingerprint density at radius 1 is 1.10 bits per heavy atom. The maximum atomic E-state index is 11.8. The number of carboxylic acid groups (broad SMARTS) is 1. The van der Waals surface area contributed by atoms with Crippen molar-refractivity contribution in [2.45, 2.75) is 19.0 Å². The number of halogens is 3. The molecule has 0 unspecified atom stereocenters. The van der Waals surface area contributed by atoms with E-state index in [1.54, 1.807) is 0 Å². The molecule has 0 saturated carbocycles. The van der Waals surface area contributed by atoms with Gasteiger partial charge in [0.1, 0.15) is 5.75 Å². The molecule has 0 aliphatic rings. The molecule has 1 rings (SSSR count). The van der Waals surface area contributed by atoms with Crippen LogP contribution in [0, 0.1) is 0 Å². The molecule has 112 valence electrons. The number of carbonyl (C=O) groups is 1. The second-order valence-electron chi connectivity index (χ2n) is 4.01. The Kier molecular flexibility index (Phi) is 6.30. The number of aromatic carboxylic acids is 1. The number of hydrogen-bond acceptors (Lipinski definition) is 3. The number of rotatable bonds is 8. The van der Waals surface area contributed by atoms with Crippen LogP contribution in [0.1, 0.15) is 23.2 Å². The van der Waals surface area contributed by atoms with Gasteiger partial charge in [-0.15, -0.1) is 0 Å². The lowest BCUT2D eigenvalue weighted by Crippen LogP contribution is -2.12. The van der Waals surface area contributed by atoms with Crippen LogP contribution in [0.25, 0.3) is 0 Å². The fourth-order valence-electron chi connectivity index (χ4n) is 1.33. The first-order chi connectivity index (χ1) is 9.38. The fraction of sp³-hybridized carbons (Fsp3) is 0.462. The average molecular weight is 292 g/mol. The van der Waals surface area contributed by atoms with Gasteiger partial charge in [0.15, 0.2) is 0 Å². The summed E-state index contributed by atoms with van der Waals surface area (Å²) in [6.07, 6.45) is -4.69. The molecular formula is C13H15F3O4. The minimum atomic E-state index is -4.19. The molecule has 0 heterocycles. The lowest BCUT2D eigenvalue weighted by Gasteiger charge is -2.08. The smallest absolute Gasteiger partial charge is 0.391 e. The van der Waals surface area contributed by atoms with Crippen LogP contribution < -0.4 is 4.74 Å². The minimum absolute atomic E-state index is 0.160. The van der Waals surface area contributed by atoms with Crippen molar-refractivity contribution in [1.82, 2.24) is 0 Å². The highest BCUT2D eigenvalue weighted by molar-refractivity contribution is 5.87. The maximum absolute atomic E-state index is 11.8. The monoisotopic (exact) mass is 292 g/mol. The molecule has 0 saturated heterocycles. The zero-order valence-corrected chi connectivity index (χ0v) is 10.7. The molecule has 0 aliphatic heterocycles. The van der Waals surface area contributed by atoms with Crippen LogP contribution >= 0.6 is 0 Å². The van der Waals surface area contributed by atoms with Gasteiger partial charge in [0.05, 0.1) is 25.2 Å². The van der Waals surface area contributed by atoms with Gasteiger partial charge >= 0.3 is 12.1 Å². The van der Waals surface area contributed by atoms with Gasteiger partial charge in [0.25, 0.3) is 0 Å². The molecule has 0 amide bonds. The van der Waals surface area contributed by atoms with Crippen molar-refractivity contribution in [1.29, 1.82) is 0 Å². The standard InChI is InChI=1S/C13H15F3O4/c14-13(15,16)6-9-19-7-1-8-20-11-4-2-10(3-5-11)12(17)18/h2-5H,1,6-9H2,(H,17,18). The first-order valence-corrected chi connectivity index (χ1v) is 5.99. The summed E-state index contributed by atoms with van der Waals surface area (Å²) < 4.78 is 45.5. The number of alkyl halides is 3. The predicted molar refractivity (Wildman–Crippen MR) is 65.0 cm³/mol. The Morgan fingerprint density at radius 3 is 2.30 bits per heavy atom. The largest absolute Gasteiger partial charge is 0.494 e. The van der Waals surface area contributed by atoms with Gasteiger partial charge < -0.3 is 14.6 Å². The first-order valence-electron chi connectivity index (χ1n) is 5.99. The van der Waals surface area contributed by atoms with Gasteiger partial charge in [-0.1, -0.05) is 0 Å². The van der Waals surface area contributed by atoms with Gasteiger partial charge in [0.2, 0.25) is 0 Å². The molecule has 0 aromatic heterocycles. The van der Waals surface area contributed by atoms with Crippen molar-refractivity contribution < 1.29 is 32.5 Å². The van der Waals surface area contributed by atoms with Crippen LogP contribution in [0.4, 0.5) is 13.2 Å². The van der Waals surface area contributed by atoms with Crippen LogP contribution in [-0.4, -0.2) is 37.1 Å². The zero-order chi connectivity index (χ0) is 15.0. The molecule has 0 spiro atoms. The van der Waals surface area contributed by atoms with Crippen molar-refractivity contribution in [3.8, 4) is 5.75 Å². The lowest BCUT2D eigenvalue weighted by molar-refractivity contribution is -0.145. The summed E-state index contributed by atoms with van der Waals surface area (Å²) in [6, 6.07) is 5.87. The Balaban J connectivity index is 2.11. The molecule has 1 N–H and O–H groups in total. The Bertz CT molecular complexity index is 415. The van der Waals surface area contributed by atoms with E-state index in [1.165, 1.54) is 24.3 Å². The molecular weight excluding hydrogens is 277 g/mol. The second-order valence-corrected chi connectivity index (χ2v) is 4.01. The normalized spacial score (nSPS) is 11.3. The highest BCUT2D eigenvalue weighted by Gasteiger charge is 2.26. The second kappa shape index (κ2) is 7.74. The Labute approximate surface area is 114 Å². The van der Waals surface area contributed by atoms with Gasteiger partial charge in [-0.25, -0.2) is 4.79 Å². The van der Waals surface area contributed by atoms with Gasteiger partial charge in [-0.3, -0.25) is 0 Å². The molecule has 20 heavy (non-hydrogen) atoms. The van der Waals surface area contributed by atoms with Gasteiger partial charge in [-0.05, 0) is 24.3 Å². The van der Waals surface area contributed by atoms with E-state index in [-0.39, 0.29) is 18.8 Å². The number of hydrogen-bond donors (Lipinski definition) is 1. The summed E-state index contributed by atoms with van der Waals surface area (Å²) in [5, 5.41) is 8.69. The first kappa shape index (κ1) is 16.3. The molecule has 1 aromatic rings. The van der Waals surface area contributed by atoms with Crippen molar-refractivity contribution in [3.05, 3.63) is 29.8 Å². The van der Waals surface area contributed by atoms with Crippen LogP contribution in [0.15, 0.2) is 24.3 Å². The van der Waals surface area contributed by atoms with E-state index in [1.807, 2.05) is 0 Å². The lowest BCUT2D eigenvalue weighted by atomic mass is 10.2. The van der Waals surface area contributed by atoms with Crippen molar-refractivity contribution in [3.63, 3.8) is 0 Å². The molecule has 0 aliphatic carbocycles. The van der Waals surface area contributed by atoms with Crippen LogP contribution in [0.5, 0.6) is 5.75 Å². The number of ether oxygens (including phenoxy) is 2. The van der Waals surface area contributed by atoms with Crippen molar-refractivity contribution in [2.24, 2.45) is 0 Å². The van der Waals surface area contributed by atoms with Crippen LogP contribution in [0.2, 0.25) is 0 Å². The SMILES string of the molecule is O=C(O)c1ccc(OCCCOCCC(F)(F)F)cc1.